The fourth-order valence-corrected chi connectivity index (χ4v) is 0.700. The molecular formula is C11H20O3. The van der Waals surface area contributed by atoms with Gasteiger partial charge in [0.2, 0.25) is 0 Å². The molecule has 82 valence electrons. The van der Waals surface area contributed by atoms with Gasteiger partial charge in [0.1, 0.15) is 6.61 Å². The Bertz CT molecular complexity index is 185. The highest BCUT2D eigenvalue weighted by Gasteiger charge is 2.26. The van der Waals surface area contributed by atoms with Crippen molar-refractivity contribution in [3.63, 3.8) is 0 Å². The molecule has 3 heteroatoms. The third-order valence-corrected chi connectivity index (χ3v) is 2.13. The molecule has 0 atom stereocenters. The second kappa shape index (κ2) is 6.60. The first-order chi connectivity index (χ1) is 6.54. The van der Waals surface area contributed by atoms with Crippen LogP contribution >= 0.6 is 0 Å². The Morgan fingerprint density at radius 1 is 1.43 bits per heavy atom. The SMILES string of the molecule is C=CCOCCOC(=O)C(C)(C)CC. The van der Waals surface area contributed by atoms with E-state index in [1.165, 1.54) is 0 Å². The van der Waals surface area contributed by atoms with E-state index in [-0.39, 0.29) is 5.97 Å². The van der Waals surface area contributed by atoms with Crippen LogP contribution in [0.4, 0.5) is 0 Å². The monoisotopic (exact) mass is 200 g/mol. The van der Waals surface area contributed by atoms with Gasteiger partial charge in [0.25, 0.3) is 0 Å². The highest BCUT2D eigenvalue weighted by Crippen LogP contribution is 2.21. The first-order valence-electron chi connectivity index (χ1n) is 4.90. The van der Waals surface area contributed by atoms with Crippen molar-refractivity contribution in [3.8, 4) is 0 Å². The summed E-state index contributed by atoms with van der Waals surface area (Å²) in [6.07, 6.45) is 2.44. The van der Waals surface area contributed by atoms with Gasteiger partial charge in [0, 0.05) is 0 Å². The standard InChI is InChI=1S/C11H20O3/c1-5-7-13-8-9-14-10(12)11(3,4)6-2/h5H,1,6-9H2,2-4H3. The first kappa shape index (κ1) is 13.2. The van der Waals surface area contributed by atoms with Gasteiger partial charge in [-0.25, -0.2) is 0 Å². The Kier molecular flexibility index (Phi) is 6.21. The minimum atomic E-state index is -0.390. The highest BCUT2D eigenvalue weighted by atomic mass is 16.6. The summed E-state index contributed by atoms with van der Waals surface area (Å²) >= 11 is 0. The first-order valence-corrected chi connectivity index (χ1v) is 4.90. The maximum absolute atomic E-state index is 11.4. The molecule has 0 heterocycles. The molecule has 0 radical (unpaired) electrons. The quantitative estimate of drug-likeness (QED) is 0.359. The average molecular weight is 200 g/mol. The summed E-state index contributed by atoms with van der Waals surface area (Å²) in [5, 5.41) is 0. The van der Waals surface area contributed by atoms with Crippen molar-refractivity contribution in [3.05, 3.63) is 12.7 Å². The van der Waals surface area contributed by atoms with Crippen molar-refractivity contribution in [2.75, 3.05) is 19.8 Å². The van der Waals surface area contributed by atoms with E-state index in [0.29, 0.717) is 19.8 Å². The number of carbonyl (C=O) groups is 1. The van der Waals surface area contributed by atoms with Gasteiger partial charge in [-0.05, 0) is 20.3 Å². The molecule has 0 spiro atoms. The largest absolute Gasteiger partial charge is 0.463 e. The molecule has 0 saturated heterocycles. The number of esters is 1. The van der Waals surface area contributed by atoms with E-state index in [1.807, 2.05) is 20.8 Å². The highest BCUT2D eigenvalue weighted by molar-refractivity contribution is 5.75. The molecule has 0 amide bonds. The van der Waals surface area contributed by atoms with Crippen LogP contribution in [0.3, 0.4) is 0 Å². The van der Waals surface area contributed by atoms with Crippen molar-refractivity contribution in [1.82, 2.24) is 0 Å². The number of rotatable bonds is 7. The molecule has 0 aliphatic heterocycles. The summed E-state index contributed by atoms with van der Waals surface area (Å²) in [6.45, 7) is 10.5. The summed E-state index contributed by atoms with van der Waals surface area (Å²) < 4.78 is 10.1. The summed E-state index contributed by atoms with van der Waals surface area (Å²) in [5.74, 6) is -0.165. The molecule has 0 aliphatic carbocycles. The minimum absolute atomic E-state index is 0.165. The summed E-state index contributed by atoms with van der Waals surface area (Å²) in [7, 11) is 0. The van der Waals surface area contributed by atoms with Crippen molar-refractivity contribution in [2.45, 2.75) is 27.2 Å². The van der Waals surface area contributed by atoms with Gasteiger partial charge >= 0.3 is 5.97 Å². The predicted molar refractivity (Wildman–Crippen MR) is 56.0 cm³/mol. The van der Waals surface area contributed by atoms with Crippen molar-refractivity contribution >= 4 is 5.97 Å². The molecule has 0 aromatic carbocycles. The zero-order chi connectivity index (χ0) is 11.0. The van der Waals surface area contributed by atoms with E-state index in [0.717, 1.165) is 6.42 Å². The lowest BCUT2D eigenvalue weighted by atomic mass is 9.91. The topological polar surface area (TPSA) is 35.5 Å². The van der Waals surface area contributed by atoms with Gasteiger partial charge in [-0.2, -0.15) is 0 Å². The molecule has 0 aliphatic rings. The van der Waals surface area contributed by atoms with Crippen LogP contribution in [-0.2, 0) is 14.3 Å². The lowest BCUT2D eigenvalue weighted by Gasteiger charge is -2.20. The van der Waals surface area contributed by atoms with Gasteiger partial charge in [-0.1, -0.05) is 13.0 Å². The molecular weight excluding hydrogens is 180 g/mol. The van der Waals surface area contributed by atoms with Crippen LogP contribution in [0.5, 0.6) is 0 Å². The van der Waals surface area contributed by atoms with Crippen LogP contribution in [0.2, 0.25) is 0 Å². The number of hydrogen-bond acceptors (Lipinski definition) is 3. The molecule has 0 aromatic heterocycles. The van der Waals surface area contributed by atoms with Crippen molar-refractivity contribution in [1.29, 1.82) is 0 Å². The molecule has 0 rings (SSSR count). The van der Waals surface area contributed by atoms with E-state index in [1.54, 1.807) is 6.08 Å². The summed E-state index contributed by atoms with van der Waals surface area (Å²) in [4.78, 5) is 11.4. The molecule has 0 bridgehead atoms. The molecule has 0 N–H and O–H groups in total. The third-order valence-electron chi connectivity index (χ3n) is 2.13. The second-order valence-electron chi connectivity index (χ2n) is 3.74. The van der Waals surface area contributed by atoms with E-state index in [9.17, 15) is 4.79 Å². The van der Waals surface area contributed by atoms with Crippen LogP contribution in [0, 0.1) is 5.41 Å². The number of carbonyl (C=O) groups excluding carboxylic acids is 1. The fraction of sp³-hybridized carbons (Fsp3) is 0.727. The molecule has 0 unspecified atom stereocenters. The lowest BCUT2D eigenvalue weighted by Crippen LogP contribution is -2.27. The zero-order valence-corrected chi connectivity index (χ0v) is 9.34. The van der Waals surface area contributed by atoms with E-state index in [2.05, 4.69) is 6.58 Å². The van der Waals surface area contributed by atoms with E-state index in [4.69, 9.17) is 9.47 Å². The van der Waals surface area contributed by atoms with Gasteiger partial charge in [-0.3, -0.25) is 4.79 Å². The Morgan fingerprint density at radius 2 is 2.07 bits per heavy atom. The van der Waals surface area contributed by atoms with Crippen LogP contribution < -0.4 is 0 Å². The van der Waals surface area contributed by atoms with Gasteiger partial charge < -0.3 is 9.47 Å². The van der Waals surface area contributed by atoms with E-state index >= 15 is 0 Å². The number of hydrogen-bond donors (Lipinski definition) is 0. The van der Waals surface area contributed by atoms with Crippen LogP contribution in [0.15, 0.2) is 12.7 Å². The predicted octanol–water partition coefficient (Wildman–Crippen LogP) is 2.17. The minimum Gasteiger partial charge on any atom is -0.463 e. The fourth-order valence-electron chi connectivity index (χ4n) is 0.700. The maximum Gasteiger partial charge on any atom is 0.311 e. The average Bonchev–Trinajstić information content (AvgIpc) is 2.17. The van der Waals surface area contributed by atoms with Crippen LogP contribution in [0.1, 0.15) is 27.2 Å². The zero-order valence-electron chi connectivity index (χ0n) is 9.34. The molecule has 0 aromatic rings. The lowest BCUT2D eigenvalue weighted by molar-refractivity contribution is -0.155. The summed E-state index contributed by atoms with van der Waals surface area (Å²) in [5.41, 5.74) is -0.390. The second-order valence-corrected chi connectivity index (χ2v) is 3.74. The summed E-state index contributed by atoms with van der Waals surface area (Å²) in [6, 6.07) is 0. The molecule has 3 nitrogen and oxygen atoms in total. The normalized spacial score (nSPS) is 11.1. The Balaban J connectivity index is 3.59. The molecule has 0 fully saturated rings. The van der Waals surface area contributed by atoms with Crippen LogP contribution in [-0.4, -0.2) is 25.8 Å². The van der Waals surface area contributed by atoms with Gasteiger partial charge in [0.15, 0.2) is 0 Å². The molecule has 14 heavy (non-hydrogen) atoms. The Hall–Kier alpha value is -0.830. The number of ether oxygens (including phenoxy) is 2. The van der Waals surface area contributed by atoms with Crippen LogP contribution in [0.25, 0.3) is 0 Å². The molecule has 0 saturated carbocycles. The van der Waals surface area contributed by atoms with Gasteiger partial charge in [-0.15, -0.1) is 6.58 Å². The third kappa shape index (κ3) is 5.02. The van der Waals surface area contributed by atoms with E-state index < -0.39 is 5.41 Å². The smallest absolute Gasteiger partial charge is 0.311 e. The Morgan fingerprint density at radius 3 is 2.57 bits per heavy atom. The van der Waals surface area contributed by atoms with Crippen molar-refractivity contribution < 1.29 is 14.3 Å². The van der Waals surface area contributed by atoms with Crippen molar-refractivity contribution in [2.24, 2.45) is 5.41 Å². The Labute approximate surface area is 86.1 Å². The maximum atomic E-state index is 11.4. The van der Waals surface area contributed by atoms with Gasteiger partial charge in [0.05, 0.1) is 18.6 Å².